The lowest BCUT2D eigenvalue weighted by molar-refractivity contribution is -0.123. The molecule has 2 aliphatic heterocycles. The van der Waals surface area contributed by atoms with Crippen molar-refractivity contribution in [2.45, 2.75) is 56.7 Å². The third kappa shape index (κ3) is 4.77. The fraction of sp³-hybridized carbons (Fsp3) is 0.667. The summed E-state index contributed by atoms with van der Waals surface area (Å²) in [5.41, 5.74) is -0.0133. The summed E-state index contributed by atoms with van der Waals surface area (Å²) in [6.07, 6.45) is 5.27. The highest BCUT2D eigenvalue weighted by Crippen LogP contribution is 2.36. The van der Waals surface area contributed by atoms with Gasteiger partial charge in [-0.25, -0.2) is 0 Å². The number of fused-ring (bicyclic) bond motifs is 1. The molecule has 8 heteroatoms. The van der Waals surface area contributed by atoms with E-state index in [0.717, 1.165) is 45.3 Å². The van der Waals surface area contributed by atoms with Crippen molar-refractivity contribution in [2.75, 3.05) is 39.5 Å². The Balaban J connectivity index is 1.17. The topological polar surface area (TPSA) is 94.3 Å². The van der Waals surface area contributed by atoms with Crippen molar-refractivity contribution in [3.05, 3.63) is 18.2 Å². The lowest BCUT2D eigenvalue weighted by Gasteiger charge is -2.39. The van der Waals surface area contributed by atoms with Crippen LogP contribution < -0.4 is 9.47 Å². The molecule has 1 atom stereocenters. The van der Waals surface area contributed by atoms with Gasteiger partial charge in [-0.1, -0.05) is 6.07 Å². The number of hydrogen-bond donors (Lipinski definition) is 1. The largest absolute Gasteiger partial charge is 0.482 e. The van der Waals surface area contributed by atoms with Crippen molar-refractivity contribution in [1.29, 1.82) is 0 Å². The summed E-state index contributed by atoms with van der Waals surface area (Å²) in [7, 11) is 0. The van der Waals surface area contributed by atoms with Gasteiger partial charge in [0.2, 0.25) is 0 Å². The van der Waals surface area contributed by atoms with Crippen LogP contribution in [-0.4, -0.2) is 72.1 Å². The lowest BCUT2D eigenvalue weighted by Crippen LogP contribution is -2.49. The molecule has 0 spiro atoms. The Morgan fingerprint density at radius 2 is 2.00 bits per heavy atom. The number of carbonyl (C=O) groups is 1. The van der Waals surface area contributed by atoms with Gasteiger partial charge >= 0.3 is 0 Å². The van der Waals surface area contributed by atoms with E-state index < -0.39 is 11.7 Å². The molecule has 5 rings (SSSR count). The van der Waals surface area contributed by atoms with Crippen LogP contribution in [0.4, 0.5) is 0 Å². The molecule has 0 radical (unpaired) electrons. The average Bonchev–Trinajstić information content (AvgIpc) is 3.40. The van der Waals surface area contributed by atoms with Crippen LogP contribution >= 0.6 is 0 Å². The third-order valence-corrected chi connectivity index (χ3v) is 7.05. The van der Waals surface area contributed by atoms with Crippen LogP contribution in [0.5, 0.6) is 11.6 Å². The van der Waals surface area contributed by atoms with Gasteiger partial charge in [0.15, 0.2) is 17.5 Å². The summed E-state index contributed by atoms with van der Waals surface area (Å²) in [6.45, 7) is 4.48. The molecule has 1 unspecified atom stereocenters. The molecule has 1 aliphatic carbocycles. The van der Waals surface area contributed by atoms with Gasteiger partial charge in [-0.3, -0.25) is 4.79 Å². The molecule has 1 N–H and O–H groups in total. The number of Topliss-reactive ketones (excluding diaryl/α,β-unsaturated/α-hetero) is 1. The van der Waals surface area contributed by atoms with Gasteiger partial charge in [-0.15, -0.1) is 0 Å². The lowest BCUT2D eigenvalue weighted by atomic mass is 9.91. The minimum atomic E-state index is -0.613. The molecule has 3 heterocycles. The second-order valence-corrected chi connectivity index (χ2v) is 9.45. The number of aromatic nitrogens is 1. The van der Waals surface area contributed by atoms with E-state index in [0.29, 0.717) is 67.6 Å². The maximum atomic E-state index is 12.0. The number of piperidine rings is 1. The van der Waals surface area contributed by atoms with Crippen molar-refractivity contribution in [3.63, 3.8) is 0 Å². The summed E-state index contributed by atoms with van der Waals surface area (Å²) < 4.78 is 22.9. The first-order valence-electron chi connectivity index (χ1n) is 11.8. The van der Waals surface area contributed by atoms with Crippen molar-refractivity contribution >= 4 is 16.8 Å². The summed E-state index contributed by atoms with van der Waals surface area (Å²) in [5, 5.41) is 15.6. The number of carbonyl (C=O) groups excluding carboxylic acids is 1. The van der Waals surface area contributed by atoms with Crippen LogP contribution in [0.3, 0.4) is 0 Å². The second kappa shape index (κ2) is 9.37. The quantitative estimate of drug-likeness (QED) is 0.697. The average molecular weight is 445 g/mol. The molecule has 1 aromatic carbocycles. The number of hydrogen-bond acceptors (Lipinski definition) is 8. The van der Waals surface area contributed by atoms with E-state index in [4.69, 9.17) is 18.7 Å². The molecule has 2 saturated heterocycles. The highest BCUT2D eigenvalue weighted by atomic mass is 16.5. The van der Waals surface area contributed by atoms with E-state index in [1.165, 1.54) is 0 Å². The number of benzene rings is 1. The predicted molar refractivity (Wildman–Crippen MR) is 117 cm³/mol. The highest BCUT2D eigenvalue weighted by Gasteiger charge is 2.33. The van der Waals surface area contributed by atoms with Crippen molar-refractivity contribution in [1.82, 2.24) is 10.1 Å². The molecule has 0 amide bonds. The maximum absolute atomic E-state index is 12.0. The predicted octanol–water partition coefficient (Wildman–Crippen LogP) is 2.96. The maximum Gasteiger partial charge on any atom is 0.265 e. The molecule has 2 aromatic rings. The Bertz CT molecular complexity index is 930. The van der Waals surface area contributed by atoms with Crippen LogP contribution in [0.15, 0.2) is 22.7 Å². The van der Waals surface area contributed by atoms with E-state index >= 15 is 0 Å². The van der Waals surface area contributed by atoms with Crippen LogP contribution in [0.25, 0.3) is 11.0 Å². The van der Waals surface area contributed by atoms with Gasteiger partial charge in [-0.05, 0) is 62.0 Å². The van der Waals surface area contributed by atoms with Crippen LogP contribution in [-0.2, 0) is 9.53 Å². The van der Waals surface area contributed by atoms with Gasteiger partial charge in [-0.2, -0.15) is 0 Å². The molecular formula is C24H32N2O6. The van der Waals surface area contributed by atoms with Gasteiger partial charge in [0.1, 0.15) is 11.1 Å². The summed E-state index contributed by atoms with van der Waals surface area (Å²) >= 11 is 0. The minimum absolute atomic E-state index is 0.151. The fourth-order valence-corrected chi connectivity index (χ4v) is 5.03. The van der Waals surface area contributed by atoms with E-state index in [2.05, 4.69) is 10.1 Å². The zero-order chi connectivity index (χ0) is 22.0. The van der Waals surface area contributed by atoms with Crippen LogP contribution in [0, 0.1) is 5.92 Å². The van der Waals surface area contributed by atoms with Crippen molar-refractivity contribution < 1.29 is 28.6 Å². The first-order valence-corrected chi connectivity index (χ1v) is 11.8. The first-order chi connectivity index (χ1) is 15.6. The SMILES string of the molecule is O=C1CCCC1Oc1cccc2onc(OCC3CCN(CC4(O)CCOCC4)CC3)c12. The van der Waals surface area contributed by atoms with Gasteiger partial charge in [0.25, 0.3) is 5.88 Å². The Morgan fingerprint density at radius 3 is 2.75 bits per heavy atom. The number of ether oxygens (including phenoxy) is 3. The smallest absolute Gasteiger partial charge is 0.265 e. The molecule has 8 nitrogen and oxygen atoms in total. The standard InChI is InChI=1S/C24H32N2O6/c27-18-3-1-4-19(18)31-20-5-2-6-21-22(20)23(25-32-21)30-15-17-7-11-26(12-8-17)16-24(28)9-13-29-14-10-24/h2,5-6,17,19,28H,1,3-4,7-16H2. The van der Waals surface area contributed by atoms with Crippen LogP contribution in [0.1, 0.15) is 44.9 Å². The monoisotopic (exact) mass is 444 g/mol. The Morgan fingerprint density at radius 1 is 1.19 bits per heavy atom. The molecule has 1 saturated carbocycles. The molecule has 32 heavy (non-hydrogen) atoms. The molecule has 174 valence electrons. The first kappa shape index (κ1) is 21.7. The highest BCUT2D eigenvalue weighted by molar-refractivity contribution is 5.90. The summed E-state index contributed by atoms with van der Waals surface area (Å²) in [4.78, 5) is 14.4. The zero-order valence-corrected chi connectivity index (χ0v) is 18.5. The van der Waals surface area contributed by atoms with E-state index in [-0.39, 0.29) is 5.78 Å². The molecule has 1 aromatic heterocycles. The number of ketones is 1. The number of β-amino-alcohol motifs (C(OH)–C–C–N with tert-alkyl or cyclic N) is 1. The minimum Gasteiger partial charge on any atom is -0.482 e. The Kier molecular flexibility index (Phi) is 6.35. The number of nitrogens with zero attached hydrogens (tertiary/aromatic N) is 2. The Hall–Kier alpha value is -2.16. The second-order valence-electron chi connectivity index (χ2n) is 9.45. The number of likely N-dealkylation sites (tertiary alicyclic amines) is 1. The summed E-state index contributed by atoms with van der Waals surface area (Å²) in [5.74, 6) is 1.60. The van der Waals surface area contributed by atoms with Gasteiger partial charge in [0, 0.05) is 39.0 Å². The molecule has 0 bridgehead atoms. The number of rotatable bonds is 7. The van der Waals surface area contributed by atoms with Crippen molar-refractivity contribution in [3.8, 4) is 11.6 Å². The zero-order valence-electron chi connectivity index (χ0n) is 18.5. The van der Waals surface area contributed by atoms with E-state index in [1.54, 1.807) is 0 Å². The summed E-state index contributed by atoms with van der Waals surface area (Å²) in [6, 6.07) is 5.52. The Labute approximate surface area is 187 Å². The third-order valence-electron chi connectivity index (χ3n) is 7.05. The van der Waals surface area contributed by atoms with Gasteiger partial charge < -0.3 is 28.7 Å². The van der Waals surface area contributed by atoms with E-state index in [1.807, 2.05) is 18.2 Å². The number of aliphatic hydroxyl groups is 1. The normalized spacial score (nSPS) is 24.8. The van der Waals surface area contributed by atoms with Crippen molar-refractivity contribution in [2.24, 2.45) is 5.92 Å². The molecule has 3 aliphatic rings. The van der Waals surface area contributed by atoms with E-state index in [9.17, 15) is 9.90 Å². The molecular weight excluding hydrogens is 412 g/mol. The molecule has 3 fully saturated rings. The fourth-order valence-electron chi connectivity index (χ4n) is 5.03. The van der Waals surface area contributed by atoms with Gasteiger partial charge in [0.05, 0.1) is 12.2 Å². The van der Waals surface area contributed by atoms with Crippen LogP contribution in [0.2, 0.25) is 0 Å².